The average molecular weight is 352 g/mol. The molecule has 0 aromatic heterocycles. The zero-order chi connectivity index (χ0) is 23.8. The number of rotatable bonds is 6. The smallest absolute Gasteiger partial charge is 0.115 e. The van der Waals surface area contributed by atoms with Crippen LogP contribution in [-0.2, 0) is 10.3 Å². The average Bonchev–Trinajstić information content (AvgIpc) is 3.21. The number of benzene rings is 2. The fraction of sp³-hybridized carbons (Fsp3) is 0.429. The lowest BCUT2D eigenvalue weighted by molar-refractivity contribution is -0.0117. The summed E-state index contributed by atoms with van der Waals surface area (Å²) in [6, 6.07) is 13.7. The Morgan fingerprint density at radius 3 is 2.67 bits per heavy atom. The third-order valence-electron chi connectivity index (χ3n) is 4.29. The minimum absolute atomic E-state index is 0.251. The van der Waals surface area contributed by atoms with E-state index in [2.05, 4.69) is 0 Å². The number of hydrogen-bond donors (Lipinski definition) is 0. The molecular formula is C21H26ClNO. The molecule has 2 aromatic carbocycles. The van der Waals surface area contributed by atoms with Crippen LogP contribution in [0.3, 0.4) is 0 Å². The molecule has 1 saturated heterocycles. The first-order valence-electron chi connectivity index (χ1n) is 12.0. The van der Waals surface area contributed by atoms with Gasteiger partial charge in [0.1, 0.15) is 5.60 Å². The Morgan fingerprint density at radius 2 is 1.96 bits per heavy atom. The molecule has 2 nitrogen and oxygen atoms in total. The molecule has 2 atom stereocenters. The highest BCUT2D eigenvalue weighted by atomic mass is 35.5. The Hall–Kier alpha value is -1.35. The van der Waals surface area contributed by atoms with Gasteiger partial charge in [-0.25, -0.2) is 0 Å². The van der Waals surface area contributed by atoms with E-state index in [1.807, 2.05) is 0 Å². The van der Waals surface area contributed by atoms with Gasteiger partial charge in [-0.2, -0.15) is 0 Å². The summed E-state index contributed by atoms with van der Waals surface area (Å²) < 4.78 is 71.6. The van der Waals surface area contributed by atoms with Crippen molar-refractivity contribution in [3.05, 3.63) is 70.7 Å². The van der Waals surface area contributed by atoms with Crippen LogP contribution in [0.5, 0.6) is 0 Å². The molecule has 1 aliphatic rings. The van der Waals surface area contributed by atoms with Gasteiger partial charge < -0.3 is 9.64 Å². The molecule has 1 aliphatic heterocycles. The van der Waals surface area contributed by atoms with Crippen LogP contribution in [0.25, 0.3) is 0 Å². The van der Waals surface area contributed by atoms with E-state index < -0.39 is 38.5 Å². The zero-order valence-electron chi connectivity index (χ0n) is 21.3. The van der Waals surface area contributed by atoms with Crippen molar-refractivity contribution < 1.29 is 15.7 Å². The molecule has 0 bridgehead atoms. The third kappa shape index (κ3) is 3.83. The minimum Gasteiger partial charge on any atom is -0.366 e. The van der Waals surface area contributed by atoms with Crippen LogP contribution in [0.2, 0.25) is 5.02 Å². The Balaban J connectivity index is 2.04. The molecule has 0 amide bonds. The van der Waals surface area contributed by atoms with E-state index in [4.69, 9.17) is 27.3 Å². The topological polar surface area (TPSA) is 12.5 Å². The van der Waals surface area contributed by atoms with Crippen molar-refractivity contribution in [1.82, 2.24) is 4.90 Å². The summed E-state index contributed by atoms with van der Waals surface area (Å²) in [6.45, 7) is -5.48. The van der Waals surface area contributed by atoms with Crippen molar-refractivity contribution in [2.45, 2.75) is 37.7 Å². The standard InChI is InChI=1S/C21H26ClNO/c1-21(17-7-4-3-5-8-17,18-10-12-19(22)13-11-18)24-16-14-20-9-6-15-23(20)2/h3-5,7-8,10-13,20H,6,9,14-16H2,1-2H3/t20-,21+/m1/s1/i1D3,2D3,14D2. The molecule has 0 aliphatic carbocycles. The van der Waals surface area contributed by atoms with Crippen molar-refractivity contribution >= 4 is 11.6 Å². The van der Waals surface area contributed by atoms with Crippen LogP contribution in [0.15, 0.2) is 54.6 Å². The van der Waals surface area contributed by atoms with Gasteiger partial charge in [0.15, 0.2) is 0 Å². The molecule has 0 saturated carbocycles. The summed E-state index contributed by atoms with van der Waals surface area (Å²) in [4.78, 5) is 1.16. The number of hydrogen-bond acceptors (Lipinski definition) is 2. The van der Waals surface area contributed by atoms with Crippen LogP contribution >= 0.6 is 11.6 Å². The molecule has 2 aromatic rings. The molecule has 24 heavy (non-hydrogen) atoms. The van der Waals surface area contributed by atoms with Gasteiger partial charge in [-0.3, -0.25) is 0 Å². The number of likely N-dealkylation sites (tertiary alicyclic amines) is 1. The first-order valence-corrected chi connectivity index (χ1v) is 8.39. The van der Waals surface area contributed by atoms with E-state index >= 15 is 0 Å². The maximum absolute atomic E-state index is 8.62. The molecule has 1 fully saturated rings. The maximum atomic E-state index is 8.62. The fourth-order valence-corrected chi connectivity index (χ4v) is 3.04. The summed E-state index contributed by atoms with van der Waals surface area (Å²) in [5, 5.41) is 0.427. The lowest BCUT2D eigenvalue weighted by Crippen LogP contribution is -2.31. The Labute approximate surface area is 161 Å². The van der Waals surface area contributed by atoms with E-state index in [0.29, 0.717) is 29.0 Å². The Morgan fingerprint density at radius 1 is 1.21 bits per heavy atom. The summed E-state index contributed by atoms with van der Waals surface area (Å²) in [7, 11) is 0. The van der Waals surface area contributed by atoms with Gasteiger partial charge in [0, 0.05) is 28.6 Å². The molecule has 0 spiro atoms. The van der Waals surface area contributed by atoms with Crippen molar-refractivity contribution in [3.8, 4) is 0 Å². The molecule has 1 heterocycles. The van der Waals surface area contributed by atoms with E-state index in [9.17, 15) is 0 Å². The predicted molar refractivity (Wildman–Crippen MR) is 101 cm³/mol. The van der Waals surface area contributed by atoms with Gasteiger partial charge in [-0.15, -0.1) is 0 Å². The summed E-state index contributed by atoms with van der Waals surface area (Å²) in [5.74, 6) is 0. The molecule has 128 valence electrons. The van der Waals surface area contributed by atoms with E-state index in [1.54, 1.807) is 54.6 Å². The first kappa shape index (κ1) is 9.96. The Kier molecular flexibility index (Phi) is 3.19. The fourth-order valence-electron chi connectivity index (χ4n) is 2.92. The second kappa shape index (κ2) is 7.69. The maximum Gasteiger partial charge on any atom is 0.115 e. The highest BCUT2D eigenvalue weighted by Gasteiger charge is 2.30. The van der Waals surface area contributed by atoms with E-state index in [0.717, 1.165) is 4.90 Å². The van der Waals surface area contributed by atoms with E-state index in [1.165, 1.54) is 0 Å². The highest BCUT2D eigenvalue weighted by Crippen LogP contribution is 2.34. The van der Waals surface area contributed by atoms with Gasteiger partial charge in [0.25, 0.3) is 0 Å². The molecule has 3 rings (SSSR count). The van der Waals surface area contributed by atoms with Crippen molar-refractivity contribution in [1.29, 1.82) is 0 Å². The molecule has 0 radical (unpaired) electrons. The Bertz CT molecular complexity index is 901. The lowest BCUT2D eigenvalue weighted by atomic mass is 9.88. The first-order chi connectivity index (χ1) is 14.8. The highest BCUT2D eigenvalue weighted by molar-refractivity contribution is 6.30. The summed E-state index contributed by atoms with van der Waals surface area (Å²) >= 11 is 6.02. The molecule has 3 heteroatoms. The van der Waals surface area contributed by atoms with Crippen LogP contribution in [0.1, 0.15) is 48.2 Å². The zero-order valence-corrected chi connectivity index (χ0v) is 14.1. The van der Waals surface area contributed by atoms with Gasteiger partial charge >= 0.3 is 0 Å². The van der Waals surface area contributed by atoms with Gasteiger partial charge in [0.05, 0.1) is 0 Å². The summed E-state index contributed by atoms with van der Waals surface area (Å²) in [5.41, 5.74) is -1.31. The van der Waals surface area contributed by atoms with Crippen LogP contribution < -0.4 is 0 Å². The van der Waals surface area contributed by atoms with Gasteiger partial charge in [-0.05, 0) is 62.8 Å². The normalized spacial score (nSPS) is 27.5. The van der Waals surface area contributed by atoms with Crippen LogP contribution in [0, 0.1) is 0 Å². The number of nitrogens with zero attached hydrogens (tertiary/aromatic N) is 1. The van der Waals surface area contributed by atoms with Crippen LogP contribution in [0.4, 0.5) is 0 Å². The predicted octanol–water partition coefficient (Wildman–Crippen LogP) is 5.10. The van der Waals surface area contributed by atoms with E-state index in [-0.39, 0.29) is 6.54 Å². The minimum atomic E-state index is -2.70. The monoisotopic (exact) mass is 351 g/mol. The van der Waals surface area contributed by atoms with Gasteiger partial charge in [0.2, 0.25) is 0 Å². The molecule has 0 N–H and O–H groups in total. The van der Waals surface area contributed by atoms with Crippen molar-refractivity contribution in [2.75, 3.05) is 20.1 Å². The van der Waals surface area contributed by atoms with Gasteiger partial charge in [-0.1, -0.05) is 54.1 Å². The van der Waals surface area contributed by atoms with Crippen LogP contribution in [-0.4, -0.2) is 31.1 Å². The lowest BCUT2D eigenvalue weighted by Gasteiger charge is -2.32. The number of halogens is 1. The quantitative estimate of drug-likeness (QED) is 0.717. The van der Waals surface area contributed by atoms with Crippen molar-refractivity contribution in [3.63, 3.8) is 0 Å². The molecular weight excluding hydrogens is 318 g/mol. The summed E-state index contributed by atoms with van der Waals surface area (Å²) in [6.07, 6.45) is -1.20. The van der Waals surface area contributed by atoms with Crippen molar-refractivity contribution in [2.24, 2.45) is 0 Å². The third-order valence-corrected chi connectivity index (χ3v) is 4.54. The largest absolute Gasteiger partial charge is 0.366 e. The second-order valence-electron chi connectivity index (χ2n) is 5.90. The molecule has 0 unspecified atom stereocenters. The second-order valence-corrected chi connectivity index (χ2v) is 6.33. The number of ether oxygens (including phenoxy) is 1. The SMILES string of the molecule is [2H]C([2H])(CO[C@@](c1ccccc1)(c1ccc(Cl)cc1)C([2H])([2H])[2H])[C@H]1CCCN1C([2H])([2H])[2H].